The second kappa shape index (κ2) is 4.02. The Morgan fingerprint density at radius 1 is 1.15 bits per heavy atom. The van der Waals surface area contributed by atoms with Gasteiger partial charge in [-0.15, -0.1) is 0 Å². The summed E-state index contributed by atoms with van der Waals surface area (Å²) in [6, 6.07) is 4.60. The monoisotopic (exact) mass is 300 g/mol. The molecule has 1 aromatic rings. The van der Waals surface area contributed by atoms with Crippen LogP contribution in [0.1, 0.15) is 5.56 Å². The smallest absolute Gasteiger partial charge is 0.227 e. The molecule has 70 valence electrons. The van der Waals surface area contributed by atoms with E-state index in [-0.39, 0.29) is 0 Å². The van der Waals surface area contributed by atoms with Crippen molar-refractivity contribution in [2.24, 2.45) is 0 Å². The maximum atomic E-state index is 12.0. The minimum Gasteiger partial charge on any atom is -0.227 e. The second-order valence-corrected chi connectivity index (χ2v) is 4.40. The summed E-state index contributed by atoms with van der Waals surface area (Å²) in [7, 11) is 0. The number of alkyl halides is 3. The molecular weight excluding hydrogens is 296 g/mol. The molecule has 0 aliphatic carbocycles. The van der Waals surface area contributed by atoms with Gasteiger partial charge in [0, 0.05) is 24.3 Å². The lowest BCUT2D eigenvalue weighted by atomic mass is 10.2. The van der Waals surface area contributed by atoms with Crippen LogP contribution in [-0.2, 0) is 11.0 Å². The molecule has 0 spiro atoms. The van der Waals surface area contributed by atoms with Crippen LogP contribution in [0, 0.1) is 3.57 Å². The summed E-state index contributed by atoms with van der Waals surface area (Å²) in [6.45, 7) is 0. The maximum Gasteiger partial charge on any atom is 0.416 e. The van der Waals surface area contributed by atoms with Crippen molar-refractivity contribution >= 4 is 24.6 Å². The van der Waals surface area contributed by atoms with E-state index in [0.717, 1.165) is 12.1 Å². The minimum absolute atomic E-state index is 0.641. The van der Waals surface area contributed by atoms with E-state index in [2.05, 4.69) is 0 Å². The number of benzene rings is 1. The first-order valence-electron chi connectivity index (χ1n) is 3.22. The van der Waals surface area contributed by atoms with E-state index < -0.39 is 32.5 Å². The van der Waals surface area contributed by atoms with Crippen LogP contribution in [0.4, 0.5) is 13.2 Å². The number of halogens is 4. The van der Waals surface area contributed by atoms with Crippen LogP contribution in [0.25, 0.3) is 0 Å². The lowest BCUT2D eigenvalue weighted by Gasteiger charge is -2.05. The van der Waals surface area contributed by atoms with Gasteiger partial charge in [0.1, 0.15) is 0 Å². The third-order valence-electron chi connectivity index (χ3n) is 1.32. The highest BCUT2D eigenvalue weighted by atomic mass is 127. The Morgan fingerprint density at radius 3 is 2.08 bits per heavy atom. The van der Waals surface area contributed by atoms with E-state index in [9.17, 15) is 18.0 Å². The van der Waals surface area contributed by atoms with Gasteiger partial charge in [-0.1, -0.05) is 0 Å². The summed E-state index contributed by atoms with van der Waals surface area (Å²) < 4.78 is 38.5. The zero-order chi connectivity index (χ0) is 9.90. The highest BCUT2D eigenvalue weighted by Gasteiger charge is 2.29. The van der Waals surface area contributed by atoms with Gasteiger partial charge in [0.05, 0.1) is 5.56 Å². The van der Waals surface area contributed by atoms with Crippen LogP contribution in [0.15, 0.2) is 24.3 Å². The van der Waals surface area contributed by atoms with Crippen molar-refractivity contribution in [2.75, 3.05) is 0 Å². The Balaban J connectivity index is 3.00. The highest BCUT2D eigenvalue weighted by molar-refractivity contribution is 14.2. The lowest BCUT2D eigenvalue weighted by Crippen LogP contribution is -2.03. The van der Waals surface area contributed by atoms with Gasteiger partial charge in [-0.05, 0) is 24.3 Å². The molecular formula is C8H4F3IO. The zero-order valence-electron chi connectivity index (χ0n) is 6.23. The fraction of sp³-hybridized carbons (Fsp3) is 0.125. The second-order valence-electron chi connectivity index (χ2n) is 2.18. The molecule has 13 heavy (non-hydrogen) atoms. The summed E-state index contributed by atoms with van der Waals surface area (Å²) in [5.74, 6) is 0. The van der Waals surface area contributed by atoms with Crippen LogP contribution < -0.4 is 0 Å². The molecule has 0 unspecified atom stereocenters. The third kappa shape index (κ3) is 2.93. The van der Waals surface area contributed by atoms with Crippen LogP contribution >= 0.6 is 20.7 Å². The van der Waals surface area contributed by atoms with Gasteiger partial charge < -0.3 is 0 Å². The van der Waals surface area contributed by atoms with Crippen molar-refractivity contribution < 1.29 is 18.0 Å². The van der Waals surface area contributed by atoms with Crippen molar-refractivity contribution in [2.45, 2.75) is 6.18 Å². The van der Waals surface area contributed by atoms with E-state index in [1.54, 1.807) is 3.88 Å². The molecule has 0 saturated carbocycles. The average Bonchev–Trinajstić information content (AvgIpc) is 2.04. The van der Waals surface area contributed by atoms with Crippen molar-refractivity contribution in [1.29, 1.82) is 0 Å². The molecule has 1 aromatic carbocycles. The molecule has 0 bridgehead atoms. The summed E-state index contributed by atoms with van der Waals surface area (Å²) in [4.78, 5) is 9.96. The summed E-state index contributed by atoms with van der Waals surface area (Å²) in [5, 5.41) is 0. The Labute approximate surface area is 82.3 Å². The average molecular weight is 300 g/mol. The first-order valence-corrected chi connectivity index (χ1v) is 5.38. The minimum atomic E-state index is -4.30. The zero-order valence-corrected chi connectivity index (χ0v) is 8.39. The molecule has 0 fully saturated rings. The number of carbonyl (C=O) groups excluding carboxylic acids is 1. The Hall–Kier alpha value is -0.680. The van der Waals surface area contributed by atoms with Gasteiger partial charge in [0.2, 0.25) is 0 Å². The molecule has 0 amide bonds. The number of hydrogen-bond acceptors (Lipinski definition) is 1. The van der Waals surface area contributed by atoms with E-state index in [1.807, 2.05) is 0 Å². The molecule has 1 rings (SSSR count). The Morgan fingerprint density at radius 2 is 1.69 bits per heavy atom. The first kappa shape index (κ1) is 10.4. The molecule has 0 heterocycles. The van der Waals surface area contributed by atoms with Gasteiger partial charge in [-0.3, -0.25) is 0 Å². The van der Waals surface area contributed by atoms with Gasteiger partial charge in [0.15, 0.2) is 3.88 Å². The Bertz CT molecular complexity index is 335. The predicted molar refractivity (Wildman–Crippen MR) is 49.9 cm³/mol. The van der Waals surface area contributed by atoms with Crippen LogP contribution in [-0.4, -0.2) is 3.88 Å². The van der Waals surface area contributed by atoms with Gasteiger partial charge >= 0.3 is 6.18 Å². The predicted octanol–water partition coefficient (Wildman–Crippen LogP) is 2.91. The van der Waals surface area contributed by atoms with E-state index in [4.69, 9.17) is 0 Å². The van der Waals surface area contributed by atoms with Gasteiger partial charge in [0.25, 0.3) is 0 Å². The van der Waals surface area contributed by atoms with Crippen molar-refractivity contribution in [3.63, 3.8) is 0 Å². The van der Waals surface area contributed by atoms with Crippen LogP contribution in [0.3, 0.4) is 0 Å². The van der Waals surface area contributed by atoms with Crippen molar-refractivity contribution in [3.05, 3.63) is 33.4 Å². The highest BCUT2D eigenvalue weighted by Crippen LogP contribution is 2.29. The molecule has 5 heteroatoms. The lowest BCUT2D eigenvalue weighted by molar-refractivity contribution is -0.137. The molecule has 1 nitrogen and oxygen atoms in total. The van der Waals surface area contributed by atoms with Gasteiger partial charge in [-0.25, -0.2) is 4.79 Å². The Kier molecular flexibility index (Phi) is 3.22. The van der Waals surface area contributed by atoms with Gasteiger partial charge in [-0.2, -0.15) is 13.2 Å². The first-order chi connectivity index (χ1) is 6.04. The summed E-state index contributed by atoms with van der Waals surface area (Å²) >= 11 is -0.892. The molecule has 0 radical (unpaired) electrons. The quantitative estimate of drug-likeness (QED) is 0.729. The van der Waals surface area contributed by atoms with E-state index in [1.165, 1.54) is 12.1 Å². The topological polar surface area (TPSA) is 17.1 Å². The fourth-order valence-electron chi connectivity index (χ4n) is 0.746. The fourth-order valence-corrected chi connectivity index (χ4v) is 1.72. The molecule has 0 atom stereocenters. The maximum absolute atomic E-state index is 12.0. The standard InChI is InChI=1S/C8H4F3IO/c9-8(10,11)6-1-3-7(4-2-6)12-5-13/h1-4H. The van der Waals surface area contributed by atoms with E-state index >= 15 is 0 Å². The van der Waals surface area contributed by atoms with Crippen molar-refractivity contribution in [3.8, 4) is 0 Å². The molecule has 0 N–H and O–H groups in total. The SMILES string of the molecule is O=C=Ic1ccc(C(F)(F)F)cc1. The summed E-state index contributed by atoms with van der Waals surface area (Å²) in [5.41, 5.74) is -0.689. The molecule has 0 aliphatic rings. The van der Waals surface area contributed by atoms with Crippen LogP contribution in [0.2, 0.25) is 0 Å². The summed E-state index contributed by atoms with van der Waals surface area (Å²) in [6.07, 6.45) is -4.30. The third-order valence-corrected chi connectivity index (χ3v) is 2.88. The molecule has 0 aliphatic heterocycles. The number of hydrogen-bond donors (Lipinski definition) is 0. The molecule has 0 saturated heterocycles. The van der Waals surface area contributed by atoms with Crippen molar-refractivity contribution in [1.82, 2.24) is 0 Å². The van der Waals surface area contributed by atoms with Crippen LogP contribution in [0.5, 0.6) is 0 Å². The molecule has 0 aromatic heterocycles. The number of rotatable bonds is 1. The largest absolute Gasteiger partial charge is 0.416 e. The van der Waals surface area contributed by atoms with E-state index in [0.29, 0.717) is 3.57 Å². The normalized spacial score (nSPS) is 11.0.